The zero-order chi connectivity index (χ0) is 11.8. The van der Waals surface area contributed by atoms with Crippen molar-refractivity contribution in [2.45, 2.75) is 24.9 Å². The predicted molar refractivity (Wildman–Crippen MR) is 63.2 cm³/mol. The Kier molecular flexibility index (Phi) is 2.68. The third-order valence-electron chi connectivity index (χ3n) is 2.87. The molecule has 2 heterocycles. The number of aliphatic hydroxyl groups is 1. The van der Waals surface area contributed by atoms with Gasteiger partial charge in [0.2, 0.25) is 11.7 Å². The molecule has 1 saturated carbocycles. The fourth-order valence-electron chi connectivity index (χ4n) is 1.84. The van der Waals surface area contributed by atoms with Crippen LogP contribution in [0, 0.1) is 0 Å². The van der Waals surface area contributed by atoms with Gasteiger partial charge in [-0.25, -0.2) is 0 Å². The fourth-order valence-corrected chi connectivity index (χ4v) is 2.27. The highest BCUT2D eigenvalue weighted by Gasteiger charge is 2.33. The lowest BCUT2D eigenvalue weighted by Crippen LogP contribution is -2.26. The molecule has 88 valence electrons. The van der Waals surface area contributed by atoms with Crippen LogP contribution in [0.2, 0.25) is 0 Å². The van der Waals surface area contributed by atoms with E-state index in [1.807, 2.05) is 12.1 Å². The highest BCUT2D eigenvalue weighted by atomic mass is 79.9. The van der Waals surface area contributed by atoms with Crippen LogP contribution in [0.5, 0.6) is 0 Å². The molecule has 0 unspecified atom stereocenters. The average Bonchev–Trinajstić information content (AvgIpc) is 2.74. The van der Waals surface area contributed by atoms with Crippen LogP contribution in [-0.4, -0.2) is 26.3 Å². The van der Waals surface area contributed by atoms with Crippen molar-refractivity contribution in [2.75, 3.05) is 0 Å². The molecule has 0 radical (unpaired) electrons. The van der Waals surface area contributed by atoms with Crippen molar-refractivity contribution in [1.82, 2.24) is 15.1 Å². The minimum absolute atomic E-state index is 0.189. The fraction of sp³-hybridized carbons (Fsp3) is 0.364. The molecule has 2 aromatic rings. The van der Waals surface area contributed by atoms with Gasteiger partial charge in [-0.05, 0) is 40.9 Å². The van der Waals surface area contributed by atoms with E-state index in [0.29, 0.717) is 30.3 Å². The molecular weight excluding hydrogens is 286 g/mol. The summed E-state index contributed by atoms with van der Waals surface area (Å²) in [5, 5.41) is 13.2. The third-order valence-corrected chi connectivity index (χ3v) is 3.51. The molecule has 6 heteroatoms. The van der Waals surface area contributed by atoms with Gasteiger partial charge >= 0.3 is 0 Å². The lowest BCUT2D eigenvalue weighted by atomic mass is 9.82. The number of hydrogen-bond donors (Lipinski definition) is 1. The molecule has 17 heavy (non-hydrogen) atoms. The molecule has 0 aliphatic heterocycles. The summed E-state index contributed by atoms with van der Waals surface area (Å²) in [5.74, 6) is 1.26. The second-order valence-corrected chi connectivity index (χ2v) is 4.97. The van der Waals surface area contributed by atoms with E-state index in [0.717, 1.165) is 4.47 Å². The van der Waals surface area contributed by atoms with Crippen molar-refractivity contribution in [3.05, 3.63) is 28.7 Å². The highest BCUT2D eigenvalue weighted by molar-refractivity contribution is 9.10. The highest BCUT2D eigenvalue weighted by Crippen LogP contribution is 2.36. The molecule has 2 aromatic heterocycles. The van der Waals surface area contributed by atoms with Crippen LogP contribution in [0.3, 0.4) is 0 Å². The van der Waals surface area contributed by atoms with Gasteiger partial charge in [0.15, 0.2) is 0 Å². The normalized spacial score (nSPS) is 23.4. The summed E-state index contributed by atoms with van der Waals surface area (Å²) < 4.78 is 6.03. The minimum Gasteiger partial charge on any atom is -0.393 e. The van der Waals surface area contributed by atoms with E-state index in [-0.39, 0.29) is 12.0 Å². The number of aliphatic hydroxyl groups excluding tert-OH is 1. The van der Waals surface area contributed by atoms with E-state index in [1.165, 1.54) is 0 Å². The largest absolute Gasteiger partial charge is 0.393 e. The van der Waals surface area contributed by atoms with Crippen LogP contribution in [0.4, 0.5) is 0 Å². The van der Waals surface area contributed by atoms with Crippen LogP contribution in [0.15, 0.2) is 27.3 Å². The smallest absolute Gasteiger partial charge is 0.230 e. The molecule has 0 saturated heterocycles. The standard InChI is InChI=1S/C11H10BrN3O2/c12-8-2-1-3-13-9(8)10-14-11(17-15-10)6-4-7(16)5-6/h1-3,6-7,16H,4-5H2. The molecule has 1 fully saturated rings. The molecule has 5 nitrogen and oxygen atoms in total. The topological polar surface area (TPSA) is 72.0 Å². The maximum absolute atomic E-state index is 9.24. The van der Waals surface area contributed by atoms with E-state index in [9.17, 15) is 5.11 Å². The van der Waals surface area contributed by atoms with Gasteiger partial charge in [-0.2, -0.15) is 4.98 Å². The first-order valence-electron chi connectivity index (χ1n) is 5.36. The van der Waals surface area contributed by atoms with Crippen molar-refractivity contribution in [2.24, 2.45) is 0 Å². The Hall–Kier alpha value is -1.27. The first-order valence-corrected chi connectivity index (χ1v) is 6.16. The summed E-state index contributed by atoms with van der Waals surface area (Å²) in [4.78, 5) is 8.52. The number of rotatable bonds is 2. The zero-order valence-electron chi connectivity index (χ0n) is 8.88. The average molecular weight is 296 g/mol. The van der Waals surface area contributed by atoms with Crippen molar-refractivity contribution < 1.29 is 9.63 Å². The van der Waals surface area contributed by atoms with Gasteiger partial charge in [0, 0.05) is 16.6 Å². The Morgan fingerprint density at radius 2 is 2.24 bits per heavy atom. The van der Waals surface area contributed by atoms with Crippen LogP contribution in [0.25, 0.3) is 11.5 Å². The Morgan fingerprint density at radius 1 is 1.41 bits per heavy atom. The minimum atomic E-state index is -0.225. The summed E-state index contributed by atoms with van der Waals surface area (Å²) in [7, 11) is 0. The first kappa shape index (κ1) is 10.9. The Morgan fingerprint density at radius 3 is 2.94 bits per heavy atom. The van der Waals surface area contributed by atoms with E-state index in [2.05, 4.69) is 31.1 Å². The van der Waals surface area contributed by atoms with Crippen LogP contribution in [0.1, 0.15) is 24.7 Å². The first-order chi connectivity index (χ1) is 8.24. The van der Waals surface area contributed by atoms with Gasteiger partial charge in [-0.15, -0.1) is 0 Å². The number of hydrogen-bond acceptors (Lipinski definition) is 5. The van der Waals surface area contributed by atoms with Gasteiger partial charge in [0.1, 0.15) is 5.69 Å². The summed E-state index contributed by atoms with van der Waals surface area (Å²) in [5.41, 5.74) is 0.669. The molecular formula is C11H10BrN3O2. The van der Waals surface area contributed by atoms with E-state index in [4.69, 9.17) is 4.52 Å². The van der Waals surface area contributed by atoms with E-state index >= 15 is 0 Å². The van der Waals surface area contributed by atoms with Gasteiger partial charge in [-0.3, -0.25) is 4.98 Å². The lowest BCUT2D eigenvalue weighted by molar-refractivity contribution is 0.0625. The lowest BCUT2D eigenvalue weighted by Gasteiger charge is -2.27. The maximum atomic E-state index is 9.24. The zero-order valence-corrected chi connectivity index (χ0v) is 10.5. The van der Waals surface area contributed by atoms with Crippen molar-refractivity contribution in [3.63, 3.8) is 0 Å². The van der Waals surface area contributed by atoms with Gasteiger partial charge in [0.05, 0.1) is 6.10 Å². The van der Waals surface area contributed by atoms with Gasteiger partial charge < -0.3 is 9.63 Å². The van der Waals surface area contributed by atoms with Crippen molar-refractivity contribution >= 4 is 15.9 Å². The third kappa shape index (κ3) is 1.98. The number of aromatic nitrogens is 3. The molecule has 0 amide bonds. The van der Waals surface area contributed by atoms with Gasteiger partial charge in [0.25, 0.3) is 0 Å². The number of pyridine rings is 1. The molecule has 0 atom stereocenters. The molecule has 3 rings (SSSR count). The Balaban J connectivity index is 1.88. The second kappa shape index (κ2) is 4.19. The Bertz CT molecular complexity index is 537. The molecule has 1 aliphatic carbocycles. The van der Waals surface area contributed by atoms with E-state index in [1.54, 1.807) is 6.20 Å². The Labute approximate surface area is 106 Å². The predicted octanol–water partition coefficient (Wildman–Crippen LogP) is 2.13. The number of halogens is 1. The molecule has 0 aromatic carbocycles. The van der Waals surface area contributed by atoms with Crippen molar-refractivity contribution in [3.8, 4) is 11.5 Å². The molecule has 0 bridgehead atoms. The quantitative estimate of drug-likeness (QED) is 0.919. The van der Waals surface area contributed by atoms with Crippen LogP contribution < -0.4 is 0 Å². The van der Waals surface area contributed by atoms with E-state index < -0.39 is 0 Å². The van der Waals surface area contributed by atoms with Gasteiger partial charge in [-0.1, -0.05) is 5.16 Å². The van der Waals surface area contributed by atoms with Crippen LogP contribution >= 0.6 is 15.9 Å². The second-order valence-electron chi connectivity index (χ2n) is 4.11. The SMILES string of the molecule is OC1CC(c2nc(-c3ncccc3Br)no2)C1. The maximum Gasteiger partial charge on any atom is 0.230 e. The monoisotopic (exact) mass is 295 g/mol. The number of nitrogens with zero attached hydrogens (tertiary/aromatic N) is 3. The molecule has 0 spiro atoms. The summed E-state index contributed by atoms with van der Waals surface area (Å²) in [6, 6.07) is 3.71. The molecule has 1 N–H and O–H groups in total. The summed E-state index contributed by atoms with van der Waals surface area (Å²) in [6.07, 6.45) is 2.86. The summed E-state index contributed by atoms with van der Waals surface area (Å²) in [6.45, 7) is 0. The summed E-state index contributed by atoms with van der Waals surface area (Å²) >= 11 is 3.40. The van der Waals surface area contributed by atoms with Crippen LogP contribution in [-0.2, 0) is 0 Å². The molecule has 1 aliphatic rings. The van der Waals surface area contributed by atoms with Crippen molar-refractivity contribution in [1.29, 1.82) is 0 Å².